The second-order valence-corrected chi connectivity index (χ2v) is 8.78. The van der Waals surface area contributed by atoms with Gasteiger partial charge in [-0.05, 0) is 41.5 Å². The molecule has 176 valence electrons. The number of anilines is 1. The molecule has 0 bridgehead atoms. The minimum Gasteiger partial charge on any atom is -0.311 e. The van der Waals surface area contributed by atoms with Crippen LogP contribution >= 0.6 is 23.2 Å². The summed E-state index contributed by atoms with van der Waals surface area (Å²) in [5, 5.41) is 0.830. The highest BCUT2D eigenvalue weighted by molar-refractivity contribution is 6.35. The predicted molar refractivity (Wildman–Crippen MR) is 129 cm³/mol. The van der Waals surface area contributed by atoms with Crippen LogP contribution in [0.4, 0.5) is 14.5 Å². The maximum Gasteiger partial charge on any atom is 0.330 e. The van der Waals surface area contributed by atoms with E-state index in [1.165, 1.54) is 17.0 Å². The Labute approximate surface area is 206 Å². The van der Waals surface area contributed by atoms with Crippen LogP contribution in [0.2, 0.25) is 10.0 Å². The zero-order valence-electron chi connectivity index (χ0n) is 18.4. The van der Waals surface area contributed by atoms with Gasteiger partial charge in [-0.1, -0.05) is 59.6 Å². The monoisotopic (exact) mass is 503 g/mol. The van der Waals surface area contributed by atoms with Gasteiger partial charge in [0.15, 0.2) is 0 Å². The summed E-state index contributed by atoms with van der Waals surface area (Å²) in [6.45, 7) is 0.835. The summed E-state index contributed by atoms with van der Waals surface area (Å²) in [4.78, 5) is 37.7. The van der Waals surface area contributed by atoms with Gasteiger partial charge in [0.1, 0.15) is 5.78 Å². The Kier molecular flexibility index (Phi) is 7.85. The van der Waals surface area contributed by atoms with Gasteiger partial charge in [-0.2, -0.15) is 8.78 Å². The van der Waals surface area contributed by atoms with Crippen molar-refractivity contribution in [2.45, 2.75) is 25.7 Å². The molecule has 0 aromatic heterocycles. The fraction of sp³-hybridized carbons (Fsp3) is 0.192. The van der Waals surface area contributed by atoms with E-state index in [-0.39, 0.29) is 24.5 Å². The molecular weight excluding hydrogens is 483 g/mol. The van der Waals surface area contributed by atoms with Crippen molar-refractivity contribution in [1.82, 2.24) is 0 Å². The molecule has 0 aliphatic heterocycles. The molecule has 4 nitrogen and oxygen atoms in total. The molecule has 0 saturated heterocycles. The van der Waals surface area contributed by atoms with Gasteiger partial charge in [-0.3, -0.25) is 14.4 Å². The summed E-state index contributed by atoms with van der Waals surface area (Å²) in [6, 6.07) is 16.7. The number of hydrogen-bond donors (Lipinski definition) is 0. The number of alkyl halides is 2. The van der Waals surface area contributed by atoms with Crippen LogP contribution in [0.3, 0.4) is 0 Å². The summed E-state index contributed by atoms with van der Waals surface area (Å²) in [5.41, 5.74) is 1.86. The Balaban J connectivity index is 1.62. The smallest absolute Gasteiger partial charge is 0.311 e. The molecule has 8 heteroatoms. The lowest BCUT2D eigenvalue weighted by atomic mass is 9.99. The molecule has 0 spiro atoms. The van der Waals surface area contributed by atoms with Crippen molar-refractivity contribution in [1.29, 1.82) is 0 Å². The minimum absolute atomic E-state index is 0.0604. The number of halogens is 4. The highest BCUT2D eigenvalue weighted by Gasteiger charge is 2.37. The van der Waals surface area contributed by atoms with Gasteiger partial charge in [-0.15, -0.1) is 0 Å². The first-order valence-corrected chi connectivity index (χ1v) is 11.1. The number of rotatable bonds is 8. The number of hydrogen-bond acceptors (Lipinski definition) is 3. The number of ketones is 2. The van der Waals surface area contributed by atoms with E-state index >= 15 is 0 Å². The summed E-state index contributed by atoms with van der Waals surface area (Å²) in [7, 11) is 1.61. The Morgan fingerprint density at radius 2 is 1.29 bits per heavy atom. The van der Waals surface area contributed by atoms with Crippen molar-refractivity contribution < 1.29 is 23.2 Å². The quantitative estimate of drug-likeness (QED) is 0.362. The van der Waals surface area contributed by atoms with Gasteiger partial charge < -0.3 is 4.90 Å². The first-order chi connectivity index (χ1) is 16.0. The fourth-order valence-electron chi connectivity index (χ4n) is 3.36. The summed E-state index contributed by atoms with van der Waals surface area (Å²) in [5.74, 6) is -5.16. The van der Waals surface area contributed by atoms with E-state index in [1.54, 1.807) is 49.5 Å². The van der Waals surface area contributed by atoms with E-state index in [4.69, 9.17) is 23.2 Å². The minimum atomic E-state index is -3.55. The van der Waals surface area contributed by atoms with Crippen LogP contribution in [0, 0.1) is 0 Å². The third-order valence-electron chi connectivity index (χ3n) is 5.30. The zero-order chi connectivity index (χ0) is 25.0. The Hall–Kier alpha value is -3.09. The Bertz CT molecular complexity index is 1210. The largest absolute Gasteiger partial charge is 0.330 e. The third kappa shape index (κ3) is 6.07. The standard InChI is InChI=1S/C26H21Cl2F2NO3/c1-16(32)26(29,30)20-9-5-18(6-10-20)12-24(33)11-17-3-7-19(8-4-17)25(34)31(2)23-14-21(27)13-22(28)15-23/h3-10,13-15H,11-12H2,1-2H3. The van der Waals surface area contributed by atoms with E-state index in [9.17, 15) is 23.2 Å². The van der Waals surface area contributed by atoms with Crippen LogP contribution in [0.1, 0.15) is 34.0 Å². The van der Waals surface area contributed by atoms with E-state index in [0.29, 0.717) is 26.9 Å². The number of benzene rings is 3. The molecule has 0 radical (unpaired) electrons. The van der Waals surface area contributed by atoms with E-state index in [2.05, 4.69) is 0 Å². The molecule has 3 rings (SSSR count). The summed E-state index contributed by atoms with van der Waals surface area (Å²) < 4.78 is 27.6. The van der Waals surface area contributed by atoms with Crippen LogP contribution < -0.4 is 4.90 Å². The van der Waals surface area contributed by atoms with Crippen LogP contribution in [-0.2, 0) is 28.4 Å². The lowest BCUT2D eigenvalue weighted by molar-refractivity contribution is -0.141. The maximum absolute atomic E-state index is 13.8. The predicted octanol–water partition coefficient (Wildman–Crippen LogP) is 6.31. The average molecular weight is 504 g/mol. The van der Waals surface area contributed by atoms with Gasteiger partial charge >= 0.3 is 5.92 Å². The fourth-order valence-corrected chi connectivity index (χ4v) is 3.88. The van der Waals surface area contributed by atoms with Gasteiger partial charge in [0, 0.05) is 53.7 Å². The third-order valence-corrected chi connectivity index (χ3v) is 5.74. The molecule has 0 fully saturated rings. The second-order valence-electron chi connectivity index (χ2n) is 7.91. The van der Waals surface area contributed by atoms with Gasteiger partial charge in [0.2, 0.25) is 5.78 Å². The Morgan fingerprint density at radius 1 is 0.824 bits per heavy atom. The Morgan fingerprint density at radius 3 is 1.76 bits per heavy atom. The van der Waals surface area contributed by atoms with Crippen molar-refractivity contribution in [3.8, 4) is 0 Å². The van der Waals surface area contributed by atoms with Crippen molar-refractivity contribution in [3.05, 3.63) is 99.0 Å². The van der Waals surface area contributed by atoms with Gasteiger partial charge in [0.25, 0.3) is 5.91 Å². The maximum atomic E-state index is 13.8. The molecule has 0 aliphatic rings. The molecule has 1 amide bonds. The van der Waals surface area contributed by atoms with Crippen molar-refractivity contribution in [2.24, 2.45) is 0 Å². The molecule has 0 heterocycles. The van der Waals surface area contributed by atoms with Gasteiger partial charge in [-0.25, -0.2) is 0 Å². The highest BCUT2D eigenvalue weighted by atomic mass is 35.5. The van der Waals surface area contributed by atoms with Crippen molar-refractivity contribution >= 4 is 46.4 Å². The average Bonchev–Trinajstić information content (AvgIpc) is 2.78. The van der Waals surface area contributed by atoms with Crippen molar-refractivity contribution in [2.75, 3.05) is 11.9 Å². The second kappa shape index (κ2) is 10.5. The van der Waals surface area contributed by atoms with Crippen LogP contribution in [0.25, 0.3) is 0 Å². The number of carbonyl (C=O) groups excluding carboxylic acids is 3. The molecule has 0 aliphatic carbocycles. The lowest BCUT2D eigenvalue weighted by Gasteiger charge is -2.18. The van der Waals surface area contributed by atoms with E-state index in [1.807, 2.05) is 0 Å². The number of carbonyl (C=O) groups is 3. The van der Waals surface area contributed by atoms with Crippen LogP contribution in [-0.4, -0.2) is 24.5 Å². The molecule has 0 unspecified atom stereocenters. The first-order valence-electron chi connectivity index (χ1n) is 10.3. The molecule has 3 aromatic carbocycles. The summed E-state index contributed by atoms with van der Waals surface area (Å²) >= 11 is 12.0. The highest BCUT2D eigenvalue weighted by Crippen LogP contribution is 2.29. The van der Waals surface area contributed by atoms with Crippen LogP contribution in [0.15, 0.2) is 66.7 Å². The first kappa shape index (κ1) is 25.5. The molecule has 0 N–H and O–H groups in total. The topological polar surface area (TPSA) is 54.5 Å². The molecule has 0 atom stereocenters. The number of amides is 1. The number of nitrogens with zero attached hydrogens (tertiary/aromatic N) is 1. The molecule has 0 saturated carbocycles. The normalized spacial score (nSPS) is 11.2. The van der Waals surface area contributed by atoms with E-state index in [0.717, 1.165) is 24.6 Å². The summed E-state index contributed by atoms with van der Waals surface area (Å²) in [6.07, 6.45) is 0.185. The number of Topliss-reactive ketones (excluding diaryl/α,β-unsaturated/α-hetero) is 2. The molecule has 3 aromatic rings. The van der Waals surface area contributed by atoms with Crippen molar-refractivity contribution in [3.63, 3.8) is 0 Å². The SMILES string of the molecule is CC(=O)C(F)(F)c1ccc(CC(=O)Cc2ccc(C(=O)N(C)c3cc(Cl)cc(Cl)c3)cc2)cc1. The van der Waals surface area contributed by atoms with Crippen LogP contribution in [0.5, 0.6) is 0 Å². The zero-order valence-corrected chi connectivity index (χ0v) is 20.0. The lowest BCUT2D eigenvalue weighted by Crippen LogP contribution is -2.26. The van der Waals surface area contributed by atoms with Gasteiger partial charge in [0.05, 0.1) is 0 Å². The molecular formula is C26H21Cl2F2NO3. The molecule has 34 heavy (non-hydrogen) atoms. The van der Waals surface area contributed by atoms with E-state index < -0.39 is 17.3 Å².